The maximum Gasteiger partial charge on any atom is -0.00741 e. The molecule has 0 unspecified atom stereocenters. The molecule has 0 radical (unpaired) electrons. The van der Waals surface area contributed by atoms with Crippen LogP contribution in [0.4, 0.5) is 0 Å². The van der Waals surface area contributed by atoms with Crippen molar-refractivity contribution in [3.63, 3.8) is 0 Å². The van der Waals surface area contributed by atoms with E-state index in [4.69, 9.17) is 11.5 Å². The van der Waals surface area contributed by atoms with Gasteiger partial charge in [0.25, 0.3) is 0 Å². The van der Waals surface area contributed by atoms with Crippen LogP contribution in [0, 0.1) is 6.92 Å². The lowest BCUT2D eigenvalue weighted by atomic mass is 10.1. The summed E-state index contributed by atoms with van der Waals surface area (Å²) >= 11 is 0. The Kier molecular flexibility index (Phi) is 15.1. The van der Waals surface area contributed by atoms with Gasteiger partial charge in [-0.05, 0) is 63.2 Å². The summed E-state index contributed by atoms with van der Waals surface area (Å²) in [5.41, 5.74) is 14.9. The minimum Gasteiger partial charge on any atom is -0.330 e. The summed E-state index contributed by atoms with van der Waals surface area (Å²) in [6.07, 6.45) is 5.70. The normalized spacial score (nSPS) is 9.38. The van der Waals surface area contributed by atoms with Crippen LogP contribution in [0.3, 0.4) is 0 Å². The maximum absolute atomic E-state index is 5.41. The predicted molar refractivity (Wildman–Crippen MR) is 108 cm³/mol. The van der Waals surface area contributed by atoms with Crippen molar-refractivity contribution in [2.24, 2.45) is 11.5 Å². The van der Waals surface area contributed by atoms with E-state index in [0.29, 0.717) is 0 Å². The van der Waals surface area contributed by atoms with Crippen LogP contribution in [0.1, 0.15) is 49.8 Å². The van der Waals surface area contributed by atoms with Crippen LogP contribution >= 0.6 is 0 Å². The lowest BCUT2D eigenvalue weighted by Gasteiger charge is -1.99. The zero-order valence-electron chi connectivity index (χ0n) is 15.8. The summed E-state index contributed by atoms with van der Waals surface area (Å²) in [7, 11) is 0. The number of hydrogen-bond acceptors (Lipinski definition) is 2. The molecule has 134 valence electrons. The van der Waals surface area contributed by atoms with Gasteiger partial charge >= 0.3 is 0 Å². The Balaban J connectivity index is 0.000000400. The highest BCUT2D eigenvalue weighted by molar-refractivity contribution is 5.21. The van der Waals surface area contributed by atoms with Gasteiger partial charge in [0, 0.05) is 0 Å². The molecule has 0 aliphatic carbocycles. The third-order valence-electron chi connectivity index (χ3n) is 3.55. The summed E-state index contributed by atoms with van der Waals surface area (Å²) in [4.78, 5) is 0. The Morgan fingerprint density at radius 1 is 0.625 bits per heavy atom. The Hall–Kier alpha value is -1.64. The molecule has 0 aliphatic rings. The molecule has 2 heteroatoms. The van der Waals surface area contributed by atoms with Crippen molar-refractivity contribution in [2.75, 3.05) is 13.1 Å². The molecule has 0 aromatic heterocycles. The number of rotatable bonds is 7. The molecule has 0 saturated heterocycles. The summed E-state index contributed by atoms with van der Waals surface area (Å²) in [5.74, 6) is 0. The zero-order chi connectivity index (χ0) is 18.0. The highest BCUT2D eigenvalue weighted by Crippen LogP contribution is 2.05. The van der Waals surface area contributed by atoms with Gasteiger partial charge in [0.05, 0.1) is 0 Å². The molecule has 24 heavy (non-hydrogen) atoms. The van der Waals surface area contributed by atoms with Crippen LogP contribution in [0.25, 0.3) is 0 Å². The van der Waals surface area contributed by atoms with Gasteiger partial charge in [-0.15, -0.1) is 0 Å². The van der Waals surface area contributed by atoms with Crippen LogP contribution in [-0.4, -0.2) is 13.1 Å². The number of hydrogen-bond donors (Lipinski definition) is 2. The SMILES string of the molecule is CC.Cc1ccc(CCCN)cc1.NCCCCc1ccccc1. The van der Waals surface area contributed by atoms with E-state index in [2.05, 4.69) is 55.5 Å². The molecular weight excluding hydrogens is 292 g/mol. The third-order valence-corrected chi connectivity index (χ3v) is 3.55. The summed E-state index contributed by atoms with van der Waals surface area (Å²) in [5, 5.41) is 0. The molecule has 4 N–H and O–H groups in total. The monoisotopic (exact) mass is 328 g/mol. The van der Waals surface area contributed by atoms with E-state index < -0.39 is 0 Å². The maximum atomic E-state index is 5.41. The zero-order valence-corrected chi connectivity index (χ0v) is 15.8. The van der Waals surface area contributed by atoms with Crippen molar-refractivity contribution < 1.29 is 0 Å². The van der Waals surface area contributed by atoms with Crippen LogP contribution in [0.15, 0.2) is 54.6 Å². The third kappa shape index (κ3) is 11.9. The van der Waals surface area contributed by atoms with Crippen LogP contribution in [-0.2, 0) is 12.8 Å². The van der Waals surface area contributed by atoms with Gasteiger partial charge in [-0.1, -0.05) is 74.0 Å². The van der Waals surface area contributed by atoms with E-state index in [1.165, 1.54) is 23.1 Å². The molecule has 0 heterocycles. The topological polar surface area (TPSA) is 52.0 Å². The molecule has 0 spiro atoms. The number of benzene rings is 2. The van der Waals surface area contributed by atoms with E-state index in [1.54, 1.807) is 0 Å². The first kappa shape index (κ1) is 22.4. The van der Waals surface area contributed by atoms with Crippen LogP contribution in [0.2, 0.25) is 0 Å². The highest BCUT2D eigenvalue weighted by Gasteiger charge is 1.90. The second-order valence-electron chi connectivity index (χ2n) is 5.61. The predicted octanol–water partition coefficient (Wildman–Crippen LogP) is 4.88. The first-order chi connectivity index (χ1) is 11.8. The second-order valence-corrected chi connectivity index (χ2v) is 5.61. The fraction of sp³-hybridized carbons (Fsp3) is 0.455. The van der Waals surface area contributed by atoms with Crippen molar-refractivity contribution in [3.8, 4) is 0 Å². The first-order valence-corrected chi connectivity index (χ1v) is 9.26. The Morgan fingerprint density at radius 3 is 1.67 bits per heavy atom. The van der Waals surface area contributed by atoms with Gasteiger partial charge in [-0.25, -0.2) is 0 Å². The van der Waals surface area contributed by atoms with Crippen molar-refractivity contribution in [3.05, 3.63) is 71.3 Å². The molecule has 2 nitrogen and oxygen atoms in total. The van der Waals surface area contributed by atoms with Gasteiger partial charge in [0.15, 0.2) is 0 Å². The quantitative estimate of drug-likeness (QED) is 0.712. The molecule has 0 aliphatic heterocycles. The molecule has 2 rings (SSSR count). The van der Waals surface area contributed by atoms with E-state index in [1.807, 2.05) is 19.9 Å². The molecule has 0 saturated carbocycles. The Bertz CT molecular complexity index is 477. The second kappa shape index (κ2) is 16.2. The minimum absolute atomic E-state index is 0.786. The lowest BCUT2D eigenvalue weighted by molar-refractivity contribution is 0.745. The Morgan fingerprint density at radius 2 is 1.12 bits per heavy atom. The Labute approximate surface area is 149 Å². The van der Waals surface area contributed by atoms with Crippen molar-refractivity contribution >= 4 is 0 Å². The number of aryl methyl sites for hydroxylation is 3. The molecule has 2 aromatic carbocycles. The average Bonchev–Trinajstić information content (AvgIpc) is 2.65. The largest absolute Gasteiger partial charge is 0.330 e. The van der Waals surface area contributed by atoms with Crippen LogP contribution < -0.4 is 11.5 Å². The van der Waals surface area contributed by atoms with Gasteiger partial charge in [-0.2, -0.15) is 0 Å². The van der Waals surface area contributed by atoms with Crippen LogP contribution in [0.5, 0.6) is 0 Å². The smallest absolute Gasteiger partial charge is 0.00741 e. The van der Waals surface area contributed by atoms with Crippen molar-refractivity contribution in [1.82, 2.24) is 0 Å². The molecule has 2 aromatic rings. The molecule has 0 amide bonds. The average molecular weight is 329 g/mol. The van der Waals surface area contributed by atoms with Crippen molar-refractivity contribution in [2.45, 2.75) is 52.9 Å². The number of unbranched alkanes of at least 4 members (excludes halogenated alkanes) is 1. The van der Waals surface area contributed by atoms with Gasteiger partial charge in [0.2, 0.25) is 0 Å². The molecule has 0 fully saturated rings. The fourth-order valence-electron chi connectivity index (χ4n) is 2.18. The standard InChI is InChI=1S/2C10H15N.C2H6/c1-9-4-6-10(7-5-9)3-2-8-11;11-9-5-4-8-10-6-2-1-3-7-10;1-2/h4-7H,2-3,8,11H2,1H3;1-3,6-7H,4-5,8-9,11H2;1-2H3. The minimum atomic E-state index is 0.786. The molecular formula is C22H36N2. The van der Waals surface area contributed by atoms with Gasteiger partial charge in [0.1, 0.15) is 0 Å². The first-order valence-electron chi connectivity index (χ1n) is 9.26. The molecule has 0 atom stereocenters. The fourth-order valence-corrected chi connectivity index (χ4v) is 2.18. The highest BCUT2D eigenvalue weighted by atomic mass is 14.5. The molecule has 0 bridgehead atoms. The summed E-state index contributed by atoms with van der Waals surface area (Å²) < 4.78 is 0. The number of nitrogens with two attached hydrogens (primary N) is 2. The van der Waals surface area contributed by atoms with E-state index in [0.717, 1.165) is 38.8 Å². The van der Waals surface area contributed by atoms with E-state index in [9.17, 15) is 0 Å². The van der Waals surface area contributed by atoms with E-state index >= 15 is 0 Å². The summed E-state index contributed by atoms with van der Waals surface area (Å²) in [6, 6.07) is 19.2. The van der Waals surface area contributed by atoms with E-state index in [-0.39, 0.29) is 0 Å². The summed E-state index contributed by atoms with van der Waals surface area (Å²) in [6.45, 7) is 7.70. The lowest BCUT2D eigenvalue weighted by Crippen LogP contribution is -2.00. The van der Waals surface area contributed by atoms with Gasteiger partial charge in [-0.3, -0.25) is 0 Å². The van der Waals surface area contributed by atoms with Gasteiger partial charge < -0.3 is 11.5 Å². The van der Waals surface area contributed by atoms with Crippen molar-refractivity contribution in [1.29, 1.82) is 0 Å².